The number of hydrogen-bond acceptors (Lipinski definition) is 15. The number of aryl methyl sites for hydroxylation is 1. The average Bonchev–Trinajstić information content (AvgIpc) is 3.77. The van der Waals surface area contributed by atoms with Gasteiger partial charge in [0.05, 0.1) is 54.3 Å². The Kier molecular flexibility index (Phi) is 13.5. The van der Waals surface area contributed by atoms with Crippen LogP contribution in [0.25, 0.3) is 11.3 Å². The molecule has 1 spiro atoms. The molecule has 3 saturated heterocycles. The van der Waals surface area contributed by atoms with Crippen LogP contribution in [0.4, 0.5) is 23.1 Å². The Morgan fingerprint density at radius 1 is 0.887 bits per heavy atom. The number of nitrogens with one attached hydrogen (secondary N) is 3. The minimum Gasteiger partial charge on any atom is -0.507 e. The molecule has 2 saturated carbocycles. The van der Waals surface area contributed by atoms with E-state index in [1.807, 2.05) is 82.6 Å². The second kappa shape index (κ2) is 19.8. The Balaban J connectivity index is 0.689. The largest absolute Gasteiger partial charge is 0.507 e. The maximum Gasteiger partial charge on any atom is 0.246 e. The number of carbonyl (C=O) groups is 3. The molecule has 10 rings (SSSR count). The van der Waals surface area contributed by atoms with Gasteiger partial charge in [-0.25, -0.2) is 9.97 Å². The van der Waals surface area contributed by atoms with Crippen LogP contribution in [0.15, 0.2) is 67.0 Å². The van der Waals surface area contributed by atoms with Crippen LogP contribution in [0, 0.1) is 23.7 Å². The first kappa shape index (κ1) is 48.5. The van der Waals surface area contributed by atoms with E-state index in [1.54, 1.807) is 12.1 Å². The van der Waals surface area contributed by atoms with E-state index in [9.17, 15) is 29.7 Å². The van der Waals surface area contributed by atoms with Gasteiger partial charge in [0.2, 0.25) is 23.7 Å². The number of benzene rings is 2. The third kappa shape index (κ3) is 10.1. The number of nitrogens with zero attached hydrogens (tertiary/aromatic N) is 9. The highest BCUT2D eigenvalue weighted by molar-refractivity contribution is 5.93. The lowest BCUT2D eigenvalue weighted by Gasteiger charge is -2.57. The van der Waals surface area contributed by atoms with Crippen molar-refractivity contribution >= 4 is 40.9 Å². The summed E-state index contributed by atoms with van der Waals surface area (Å²) in [5.74, 6) is 0.636. The first-order chi connectivity index (χ1) is 34.1. The predicted molar refractivity (Wildman–Crippen MR) is 271 cm³/mol. The Morgan fingerprint density at radius 2 is 1.62 bits per heavy atom. The molecule has 6 aliphatic rings. The van der Waals surface area contributed by atoms with Crippen molar-refractivity contribution in [1.29, 1.82) is 0 Å². The SMILES string of the molecule is Cc1ccc(CNC(=O)[C@@H]2C[C@@H](O)CN2C(=O)[C@@H](NC(=O)C2CCC3(CC2)CC(N2CCN(c4cnc(N5CCN6c7cc(-c8ccccc8O)nnc7NC[C@H]6C5)nc4)C[C@@H]2CO)C3)C(C)(C)C)cc1. The van der Waals surface area contributed by atoms with Gasteiger partial charge in [0, 0.05) is 82.8 Å². The summed E-state index contributed by atoms with van der Waals surface area (Å²) in [5, 5.41) is 50.1. The smallest absolute Gasteiger partial charge is 0.246 e. The predicted octanol–water partition coefficient (Wildman–Crippen LogP) is 3.70. The number of aromatic nitrogens is 4. The van der Waals surface area contributed by atoms with Gasteiger partial charge in [0.15, 0.2) is 5.82 Å². The molecule has 71 heavy (non-hydrogen) atoms. The standard InChI is InChI=1S/C53H70N12O6/c1-33-9-11-34(12-10-33)25-55-49(70)44-21-40(67)31-65(44)50(71)46(52(2,3)4)58-48(69)35-13-15-53(16-14-35)23-36(24-53)63-19-17-61(30-39(63)32-66)37-26-56-51(57-27-37)62-18-20-64-38(29-62)28-54-47-43(64)22-42(59-60-47)41-7-5-6-8-45(41)68/h5-12,22,26-27,35-36,38-40,44,46,66-68H,13-21,23-25,28-32H2,1-4H3,(H,54,60)(H,55,70)(H,58,69)/t35?,36?,38-,39+,40+,44-,46+,53?/m0/s1. The number of phenols is 1. The molecular weight excluding hydrogens is 901 g/mol. The van der Waals surface area contributed by atoms with Crippen molar-refractivity contribution < 1.29 is 29.7 Å². The van der Waals surface area contributed by atoms with Crippen molar-refractivity contribution in [2.75, 3.05) is 79.0 Å². The minimum atomic E-state index is -0.852. The van der Waals surface area contributed by atoms with Gasteiger partial charge in [-0.1, -0.05) is 62.7 Å². The van der Waals surface area contributed by atoms with Gasteiger partial charge in [-0.3, -0.25) is 19.3 Å². The number of carbonyl (C=O) groups excluding carboxylic acids is 3. The molecule has 2 aromatic carbocycles. The summed E-state index contributed by atoms with van der Waals surface area (Å²) in [6.07, 6.45) is 8.63. The highest BCUT2D eigenvalue weighted by Crippen LogP contribution is 2.55. The lowest BCUT2D eigenvalue weighted by molar-refractivity contribution is -0.145. The molecule has 5 fully saturated rings. The van der Waals surface area contributed by atoms with E-state index in [1.165, 1.54) is 4.90 Å². The summed E-state index contributed by atoms with van der Waals surface area (Å²) in [6.45, 7) is 13.5. The topological polar surface area (TPSA) is 216 Å². The monoisotopic (exact) mass is 971 g/mol. The van der Waals surface area contributed by atoms with Crippen LogP contribution >= 0.6 is 0 Å². The number of β-amino-alcohol motifs (C(OH)–C–C–N with tert-alkyl or cyclic N) is 1. The maximum absolute atomic E-state index is 14.2. The Hall–Kier alpha value is -6.11. The van der Waals surface area contributed by atoms with Crippen molar-refractivity contribution in [3.63, 3.8) is 0 Å². The molecule has 4 aromatic rings. The number of anilines is 4. The Morgan fingerprint density at radius 3 is 2.34 bits per heavy atom. The van der Waals surface area contributed by atoms with Crippen LogP contribution in [0.5, 0.6) is 5.75 Å². The van der Waals surface area contributed by atoms with Gasteiger partial charge in [-0.2, -0.15) is 0 Å². The van der Waals surface area contributed by atoms with Crippen molar-refractivity contribution in [2.24, 2.45) is 16.7 Å². The Labute approximate surface area is 416 Å². The molecule has 6 N–H and O–H groups in total. The fourth-order valence-electron chi connectivity index (χ4n) is 12.1. The quantitative estimate of drug-likeness (QED) is 0.126. The average molecular weight is 971 g/mol. The van der Waals surface area contributed by atoms with E-state index in [-0.39, 0.29) is 66.5 Å². The zero-order chi connectivity index (χ0) is 49.6. The molecule has 378 valence electrons. The fraction of sp³-hybridized carbons (Fsp3) is 0.566. The molecule has 4 aliphatic heterocycles. The molecule has 18 nitrogen and oxygen atoms in total. The van der Waals surface area contributed by atoms with Crippen molar-refractivity contribution in [2.45, 2.75) is 115 Å². The van der Waals surface area contributed by atoms with Crippen molar-refractivity contribution in [3.05, 3.63) is 78.1 Å². The number of hydrogen-bond donors (Lipinski definition) is 6. The van der Waals surface area contributed by atoms with Gasteiger partial charge in [-0.15, -0.1) is 10.2 Å². The molecule has 2 aliphatic carbocycles. The van der Waals surface area contributed by atoms with Crippen LogP contribution in [-0.2, 0) is 20.9 Å². The van der Waals surface area contributed by atoms with Gasteiger partial charge >= 0.3 is 0 Å². The number of piperazine rings is 2. The van der Waals surface area contributed by atoms with Crippen LogP contribution in [0.2, 0.25) is 0 Å². The molecular formula is C53H70N12O6. The van der Waals surface area contributed by atoms with E-state index in [2.05, 4.69) is 45.7 Å². The zero-order valence-corrected chi connectivity index (χ0v) is 41.5. The van der Waals surface area contributed by atoms with E-state index in [0.29, 0.717) is 42.9 Å². The minimum absolute atomic E-state index is 0.0128. The van der Waals surface area contributed by atoms with Crippen LogP contribution in [-0.4, -0.2) is 158 Å². The molecule has 0 radical (unpaired) electrons. The molecule has 3 amide bonds. The fourth-order valence-corrected chi connectivity index (χ4v) is 12.1. The summed E-state index contributed by atoms with van der Waals surface area (Å²) in [5.41, 5.74) is 4.83. The number of phenolic OH excluding ortho intramolecular Hbond substituents is 1. The molecule has 2 aromatic heterocycles. The molecule has 18 heteroatoms. The second-order valence-corrected chi connectivity index (χ2v) is 22.2. The lowest BCUT2D eigenvalue weighted by Crippen LogP contribution is -2.63. The number of aromatic hydroxyl groups is 1. The highest BCUT2D eigenvalue weighted by Gasteiger charge is 2.51. The third-order valence-electron chi connectivity index (χ3n) is 16.3. The molecule has 6 heterocycles. The van der Waals surface area contributed by atoms with Gasteiger partial charge < -0.3 is 50.9 Å². The zero-order valence-electron chi connectivity index (χ0n) is 41.5. The van der Waals surface area contributed by atoms with Crippen LogP contribution in [0.3, 0.4) is 0 Å². The van der Waals surface area contributed by atoms with Gasteiger partial charge in [-0.05, 0) is 80.0 Å². The normalized spacial score (nSPS) is 27.0. The summed E-state index contributed by atoms with van der Waals surface area (Å²) in [7, 11) is 0. The first-order valence-corrected chi connectivity index (χ1v) is 25.6. The number of amides is 3. The number of aliphatic hydroxyl groups excluding tert-OH is 2. The number of rotatable bonds is 11. The van der Waals surface area contributed by atoms with Crippen LogP contribution < -0.4 is 30.7 Å². The summed E-state index contributed by atoms with van der Waals surface area (Å²) < 4.78 is 0. The van der Waals surface area contributed by atoms with Gasteiger partial charge in [0.1, 0.15) is 17.8 Å². The van der Waals surface area contributed by atoms with E-state index >= 15 is 0 Å². The summed E-state index contributed by atoms with van der Waals surface area (Å²) in [4.78, 5) is 62.2. The number of aliphatic hydroxyl groups is 2. The van der Waals surface area contributed by atoms with Crippen LogP contribution in [0.1, 0.15) is 76.8 Å². The molecule has 0 unspecified atom stereocenters. The van der Waals surface area contributed by atoms with E-state index < -0.39 is 23.6 Å². The van der Waals surface area contributed by atoms with Crippen molar-refractivity contribution in [3.8, 4) is 17.0 Å². The van der Waals surface area contributed by atoms with E-state index in [0.717, 1.165) is 99.6 Å². The number of para-hydroxylation sites is 1. The van der Waals surface area contributed by atoms with Crippen molar-refractivity contribution in [1.82, 2.24) is 40.6 Å². The van der Waals surface area contributed by atoms with E-state index in [4.69, 9.17) is 9.97 Å². The van der Waals surface area contributed by atoms with Gasteiger partial charge in [0.25, 0.3) is 0 Å². The maximum atomic E-state index is 14.2. The lowest BCUT2D eigenvalue weighted by atomic mass is 9.56. The molecule has 0 bridgehead atoms. The molecule has 5 atom stereocenters. The highest BCUT2D eigenvalue weighted by atomic mass is 16.3. The third-order valence-corrected chi connectivity index (χ3v) is 16.3. The first-order valence-electron chi connectivity index (χ1n) is 25.6. The number of fused-ring (bicyclic) bond motifs is 3. The summed E-state index contributed by atoms with van der Waals surface area (Å²) in [6, 6.07) is 15.9. The Bertz CT molecular complexity index is 2560. The second-order valence-electron chi connectivity index (χ2n) is 22.2. The summed E-state index contributed by atoms with van der Waals surface area (Å²) >= 11 is 0. The number of likely N-dealkylation sites (tertiary alicyclic amines) is 1.